The van der Waals surface area contributed by atoms with Crippen molar-refractivity contribution in [3.8, 4) is 10.8 Å². The van der Waals surface area contributed by atoms with E-state index in [0.29, 0.717) is 22.3 Å². The van der Waals surface area contributed by atoms with Gasteiger partial charge in [-0.1, -0.05) is 0 Å². The van der Waals surface area contributed by atoms with Gasteiger partial charge in [0, 0.05) is 18.0 Å². The number of anilines is 2. The van der Waals surface area contributed by atoms with E-state index in [0.717, 1.165) is 23.7 Å². The second-order valence-corrected chi connectivity index (χ2v) is 7.15. The fourth-order valence-electron chi connectivity index (χ4n) is 2.91. The van der Waals surface area contributed by atoms with Crippen LogP contribution in [0.2, 0.25) is 0 Å². The summed E-state index contributed by atoms with van der Waals surface area (Å²) in [5, 5.41) is 3.52. The van der Waals surface area contributed by atoms with Gasteiger partial charge in [-0.3, -0.25) is 4.79 Å². The molecule has 0 atom stereocenters. The van der Waals surface area contributed by atoms with Gasteiger partial charge in [-0.05, 0) is 44.0 Å². The summed E-state index contributed by atoms with van der Waals surface area (Å²) in [6, 6.07) is 7.47. The molecule has 3 aromatic heterocycles. The summed E-state index contributed by atoms with van der Waals surface area (Å²) in [5.41, 5.74) is 1.50. The Morgan fingerprint density at radius 2 is 2.12 bits per heavy atom. The molecule has 6 nitrogen and oxygen atoms in total. The topological polar surface area (TPSA) is 71.3 Å². The molecule has 0 unspecified atom stereocenters. The number of hydrogen-bond donors (Lipinski definition) is 1. The zero-order valence-electron chi connectivity index (χ0n) is 13.9. The molecule has 0 aliphatic carbocycles. The fraction of sp³-hybridized carbons (Fsp3) is 0.278. The normalized spacial score (nSPS) is 14.0. The van der Waals surface area contributed by atoms with Crippen molar-refractivity contribution >= 4 is 28.7 Å². The average Bonchev–Trinajstić information content (AvgIpc) is 3.37. The van der Waals surface area contributed by atoms with Crippen molar-refractivity contribution in [1.82, 2.24) is 9.97 Å². The Bertz CT molecular complexity index is 865. The van der Waals surface area contributed by atoms with Crippen molar-refractivity contribution in [2.45, 2.75) is 19.8 Å². The zero-order chi connectivity index (χ0) is 17.2. The van der Waals surface area contributed by atoms with E-state index in [1.165, 1.54) is 24.2 Å². The number of rotatable bonds is 4. The fourth-order valence-corrected chi connectivity index (χ4v) is 3.79. The Labute approximate surface area is 149 Å². The molecule has 1 aliphatic heterocycles. The highest BCUT2D eigenvalue weighted by molar-refractivity contribution is 7.15. The lowest BCUT2D eigenvalue weighted by Crippen LogP contribution is -2.18. The number of nitrogens with zero attached hydrogens (tertiary/aromatic N) is 3. The molecular formula is C18H18N4O2S. The van der Waals surface area contributed by atoms with Crippen LogP contribution in [0.1, 0.15) is 28.2 Å². The Balaban J connectivity index is 1.48. The van der Waals surface area contributed by atoms with Gasteiger partial charge in [-0.15, -0.1) is 11.3 Å². The van der Waals surface area contributed by atoms with Crippen molar-refractivity contribution in [3.63, 3.8) is 0 Å². The standard InChI is InChI=1S/C18H18N4O2S/c1-12-16(21-18(25-12)14-5-4-10-24-14)17(23)20-15-7-6-13(11-19-15)22-8-2-3-9-22/h4-7,10-11H,2-3,8-9H2,1H3,(H,19,20,23). The first kappa shape index (κ1) is 15.8. The molecule has 25 heavy (non-hydrogen) atoms. The molecule has 1 fully saturated rings. The SMILES string of the molecule is Cc1sc(-c2ccco2)nc1C(=O)Nc1ccc(N2CCCC2)cn1. The lowest BCUT2D eigenvalue weighted by molar-refractivity contribution is 0.102. The number of pyridine rings is 1. The molecule has 3 aromatic rings. The Kier molecular flexibility index (Phi) is 4.23. The molecule has 0 radical (unpaired) electrons. The van der Waals surface area contributed by atoms with Crippen LogP contribution in [0.3, 0.4) is 0 Å². The van der Waals surface area contributed by atoms with Crippen molar-refractivity contribution < 1.29 is 9.21 Å². The third kappa shape index (κ3) is 3.28. The van der Waals surface area contributed by atoms with E-state index in [2.05, 4.69) is 20.2 Å². The van der Waals surface area contributed by atoms with Crippen molar-refractivity contribution in [2.24, 2.45) is 0 Å². The minimum Gasteiger partial charge on any atom is -0.462 e. The zero-order valence-corrected chi connectivity index (χ0v) is 14.7. The van der Waals surface area contributed by atoms with Crippen molar-refractivity contribution in [2.75, 3.05) is 23.3 Å². The summed E-state index contributed by atoms with van der Waals surface area (Å²) in [6.45, 7) is 4.02. The summed E-state index contributed by atoms with van der Waals surface area (Å²) in [5.74, 6) is 0.938. The van der Waals surface area contributed by atoms with E-state index in [1.54, 1.807) is 12.3 Å². The van der Waals surface area contributed by atoms with Gasteiger partial charge in [0.2, 0.25) is 0 Å². The van der Waals surface area contributed by atoms with Crippen LogP contribution in [0.5, 0.6) is 0 Å². The van der Waals surface area contributed by atoms with E-state index < -0.39 is 0 Å². The summed E-state index contributed by atoms with van der Waals surface area (Å²) in [7, 11) is 0. The number of amides is 1. The highest BCUT2D eigenvalue weighted by Crippen LogP contribution is 2.28. The van der Waals surface area contributed by atoms with Crippen molar-refractivity contribution in [3.05, 3.63) is 47.3 Å². The van der Waals surface area contributed by atoms with Gasteiger partial charge < -0.3 is 14.6 Å². The predicted molar refractivity (Wildman–Crippen MR) is 98.2 cm³/mol. The number of hydrogen-bond acceptors (Lipinski definition) is 6. The first-order valence-corrected chi connectivity index (χ1v) is 9.06. The van der Waals surface area contributed by atoms with E-state index in [4.69, 9.17) is 4.42 Å². The molecule has 128 valence electrons. The Morgan fingerprint density at radius 1 is 1.28 bits per heavy atom. The highest BCUT2D eigenvalue weighted by Gasteiger charge is 2.18. The van der Waals surface area contributed by atoms with Gasteiger partial charge in [0.25, 0.3) is 5.91 Å². The minimum atomic E-state index is -0.257. The van der Waals surface area contributed by atoms with Crippen LogP contribution in [0.4, 0.5) is 11.5 Å². The maximum atomic E-state index is 12.5. The van der Waals surface area contributed by atoms with Gasteiger partial charge >= 0.3 is 0 Å². The number of nitrogens with one attached hydrogen (secondary N) is 1. The summed E-state index contributed by atoms with van der Waals surface area (Å²) in [6.07, 6.45) is 5.85. The number of furan rings is 1. The Hall–Kier alpha value is -2.67. The molecule has 0 aromatic carbocycles. The second kappa shape index (κ2) is 6.68. The van der Waals surface area contributed by atoms with Crippen molar-refractivity contribution in [1.29, 1.82) is 0 Å². The maximum Gasteiger partial charge on any atom is 0.276 e. The number of aryl methyl sites for hydroxylation is 1. The summed E-state index contributed by atoms with van der Waals surface area (Å²) in [4.78, 5) is 24.4. The lowest BCUT2D eigenvalue weighted by Gasteiger charge is -2.17. The number of carbonyl (C=O) groups excluding carboxylic acids is 1. The average molecular weight is 354 g/mol. The van der Waals surface area contributed by atoms with Crippen LogP contribution >= 0.6 is 11.3 Å². The van der Waals surface area contributed by atoms with Gasteiger partial charge in [0.15, 0.2) is 10.8 Å². The molecular weight excluding hydrogens is 336 g/mol. The predicted octanol–water partition coefficient (Wildman–Crippen LogP) is 3.96. The van der Waals surface area contributed by atoms with E-state index in [9.17, 15) is 4.79 Å². The van der Waals surface area contributed by atoms with Crippen LogP contribution < -0.4 is 10.2 Å². The molecule has 1 amide bonds. The van der Waals surface area contributed by atoms with Gasteiger partial charge in [-0.25, -0.2) is 9.97 Å². The molecule has 1 N–H and O–H groups in total. The molecule has 4 heterocycles. The summed E-state index contributed by atoms with van der Waals surface area (Å²) >= 11 is 1.44. The number of aromatic nitrogens is 2. The molecule has 1 aliphatic rings. The number of carbonyl (C=O) groups is 1. The van der Waals surface area contributed by atoms with Crippen LogP contribution in [0.15, 0.2) is 41.1 Å². The first-order valence-electron chi connectivity index (χ1n) is 8.24. The second-order valence-electron chi connectivity index (χ2n) is 5.95. The first-order chi connectivity index (χ1) is 12.2. The molecule has 4 rings (SSSR count). The van der Waals surface area contributed by atoms with Gasteiger partial charge in [0.05, 0.1) is 18.1 Å². The van der Waals surface area contributed by atoms with Crippen LogP contribution in [0, 0.1) is 6.92 Å². The molecule has 0 bridgehead atoms. The Morgan fingerprint density at radius 3 is 2.80 bits per heavy atom. The van der Waals surface area contributed by atoms with E-state index in [-0.39, 0.29) is 5.91 Å². The molecule has 1 saturated heterocycles. The maximum absolute atomic E-state index is 12.5. The van der Waals surface area contributed by atoms with Crippen LogP contribution in [-0.4, -0.2) is 29.0 Å². The third-order valence-electron chi connectivity index (χ3n) is 4.20. The van der Waals surface area contributed by atoms with E-state index in [1.807, 2.05) is 31.3 Å². The third-order valence-corrected chi connectivity index (χ3v) is 5.19. The largest absolute Gasteiger partial charge is 0.462 e. The smallest absolute Gasteiger partial charge is 0.276 e. The van der Waals surface area contributed by atoms with Gasteiger partial charge in [0.1, 0.15) is 11.5 Å². The molecule has 0 saturated carbocycles. The van der Waals surface area contributed by atoms with Gasteiger partial charge in [-0.2, -0.15) is 0 Å². The summed E-state index contributed by atoms with van der Waals surface area (Å²) < 4.78 is 5.35. The quantitative estimate of drug-likeness (QED) is 0.768. The number of thiazole rings is 1. The molecule has 7 heteroatoms. The van der Waals surface area contributed by atoms with Crippen LogP contribution in [-0.2, 0) is 0 Å². The highest BCUT2D eigenvalue weighted by atomic mass is 32.1. The van der Waals surface area contributed by atoms with E-state index >= 15 is 0 Å². The molecule has 0 spiro atoms. The van der Waals surface area contributed by atoms with Crippen LogP contribution in [0.25, 0.3) is 10.8 Å². The monoisotopic (exact) mass is 354 g/mol. The minimum absolute atomic E-state index is 0.257. The lowest BCUT2D eigenvalue weighted by atomic mass is 10.3.